The van der Waals surface area contributed by atoms with Gasteiger partial charge in [-0.2, -0.15) is 0 Å². The molecule has 1 heterocycles. The predicted octanol–water partition coefficient (Wildman–Crippen LogP) is 2.61. The molecule has 0 atom stereocenters. The van der Waals surface area contributed by atoms with Crippen LogP contribution in [-0.4, -0.2) is 17.2 Å². The number of rotatable bonds is 4. The van der Waals surface area contributed by atoms with Crippen molar-refractivity contribution in [2.75, 3.05) is 12.8 Å². The first-order valence-electron chi connectivity index (χ1n) is 5.51. The largest absolute Gasteiger partial charge is 0.493 e. The summed E-state index contributed by atoms with van der Waals surface area (Å²) in [7, 11) is 1.52. The van der Waals surface area contributed by atoms with Crippen LogP contribution in [0, 0.1) is 0 Å². The Labute approximate surface area is 115 Å². The Morgan fingerprint density at radius 1 is 1.26 bits per heavy atom. The molecule has 5 nitrogen and oxygen atoms in total. The summed E-state index contributed by atoms with van der Waals surface area (Å²) in [5, 5.41) is 9.32. The molecule has 1 aromatic carbocycles. The van der Waals surface area contributed by atoms with Crippen molar-refractivity contribution in [1.82, 2.24) is 4.98 Å². The summed E-state index contributed by atoms with van der Waals surface area (Å²) in [4.78, 5) is 4.01. The van der Waals surface area contributed by atoms with Crippen molar-refractivity contribution in [3.63, 3.8) is 0 Å². The fourth-order valence-electron chi connectivity index (χ4n) is 1.55. The highest BCUT2D eigenvalue weighted by Gasteiger charge is 2.08. The Kier molecular flexibility index (Phi) is 4.09. The lowest BCUT2D eigenvalue weighted by molar-refractivity contribution is 0.280. The molecule has 0 amide bonds. The van der Waals surface area contributed by atoms with Gasteiger partial charge in [0.1, 0.15) is 5.15 Å². The monoisotopic (exact) mass is 280 g/mol. The zero-order chi connectivity index (χ0) is 13.8. The number of aromatic nitrogens is 1. The zero-order valence-electron chi connectivity index (χ0n) is 10.3. The van der Waals surface area contributed by atoms with Crippen molar-refractivity contribution in [1.29, 1.82) is 0 Å². The van der Waals surface area contributed by atoms with Gasteiger partial charge in [-0.3, -0.25) is 0 Å². The van der Waals surface area contributed by atoms with Crippen LogP contribution in [0.25, 0.3) is 0 Å². The van der Waals surface area contributed by atoms with Gasteiger partial charge in [0.05, 0.1) is 13.7 Å². The second-order valence-corrected chi connectivity index (χ2v) is 4.19. The van der Waals surface area contributed by atoms with Crippen molar-refractivity contribution in [3.8, 4) is 17.4 Å². The predicted molar refractivity (Wildman–Crippen MR) is 72.7 cm³/mol. The highest BCUT2D eigenvalue weighted by atomic mass is 35.5. The molecule has 0 fully saturated rings. The highest BCUT2D eigenvalue weighted by molar-refractivity contribution is 6.29. The van der Waals surface area contributed by atoms with Gasteiger partial charge in [0, 0.05) is 11.8 Å². The van der Waals surface area contributed by atoms with E-state index in [1.54, 1.807) is 24.3 Å². The minimum absolute atomic E-state index is 0.0704. The molecule has 100 valence electrons. The number of ether oxygens (including phenoxy) is 2. The molecule has 0 aliphatic carbocycles. The van der Waals surface area contributed by atoms with Gasteiger partial charge in [-0.25, -0.2) is 4.98 Å². The van der Waals surface area contributed by atoms with Crippen LogP contribution in [0.5, 0.6) is 17.4 Å². The van der Waals surface area contributed by atoms with E-state index in [1.807, 2.05) is 0 Å². The number of hydrogen-bond donors (Lipinski definition) is 2. The van der Waals surface area contributed by atoms with E-state index in [4.69, 9.17) is 31.9 Å². The molecule has 0 spiro atoms. The van der Waals surface area contributed by atoms with Crippen LogP contribution in [0.2, 0.25) is 5.15 Å². The van der Waals surface area contributed by atoms with Crippen molar-refractivity contribution in [3.05, 3.63) is 41.0 Å². The van der Waals surface area contributed by atoms with Crippen molar-refractivity contribution in [2.45, 2.75) is 6.61 Å². The first kappa shape index (κ1) is 13.5. The van der Waals surface area contributed by atoms with Crippen LogP contribution in [0.1, 0.15) is 5.56 Å². The Morgan fingerprint density at radius 2 is 2.05 bits per heavy atom. The number of halogens is 1. The lowest BCUT2D eigenvalue weighted by Gasteiger charge is -2.11. The number of benzene rings is 1. The number of hydrogen-bond acceptors (Lipinski definition) is 5. The van der Waals surface area contributed by atoms with Crippen molar-refractivity contribution in [2.24, 2.45) is 0 Å². The molecule has 2 rings (SSSR count). The molecule has 0 saturated heterocycles. The van der Waals surface area contributed by atoms with Crippen molar-refractivity contribution >= 4 is 17.3 Å². The van der Waals surface area contributed by atoms with Crippen LogP contribution in [0.4, 0.5) is 5.69 Å². The SMILES string of the molecule is COc1cc(CO)ccc1Oc1cc(N)cc(Cl)n1. The number of nitrogen functional groups attached to an aromatic ring is 1. The lowest BCUT2D eigenvalue weighted by atomic mass is 10.2. The van der Waals surface area contributed by atoms with Crippen LogP contribution >= 0.6 is 11.6 Å². The van der Waals surface area contributed by atoms with E-state index in [0.29, 0.717) is 17.2 Å². The molecule has 3 N–H and O–H groups in total. The molecular weight excluding hydrogens is 268 g/mol. The maximum atomic E-state index is 9.07. The molecule has 0 saturated carbocycles. The second kappa shape index (κ2) is 5.77. The molecule has 19 heavy (non-hydrogen) atoms. The first-order valence-corrected chi connectivity index (χ1v) is 5.89. The average molecular weight is 281 g/mol. The summed E-state index contributed by atoms with van der Waals surface area (Å²) in [6.07, 6.45) is 0. The van der Waals surface area contributed by atoms with E-state index < -0.39 is 0 Å². The molecule has 0 unspecified atom stereocenters. The van der Waals surface area contributed by atoms with Gasteiger partial charge in [-0.15, -0.1) is 0 Å². The molecule has 0 aliphatic heterocycles. The number of anilines is 1. The molecule has 0 bridgehead atoms. The maximum Gasteiger partial charge on any atom is 0.222 e. The standard InChI is InChI=1S/C13H13ClN2O3/c1-18-11-4-8(7-17)2-3-10(11)19-13-6-9(15)5-12(14)16-13/h2-6,17H,7H2,1H3,(H2,15,16). The zero-order valence-corrected chi connectivity index (χ0v) is 11.0. The third kappa shape index (κ3) is 3.27. The molecule has 6 heteroatoms. The summed E-state index contributed by atoms with van der Waals surface area (Å²) in [5.74, 6) is 1.24. The fraction of sp³-hybridized carbons (Fsp3) is 0.154. The maximum absolute atomic E-state index is 9.07. The topological polar surface area (TPSA) is 77.6 Å². The van der Waals surface area contributed by atoms with Crippen LogP contribution in [-0.2, 0) is 6.61 Å². The lowest BCUT2D eigenvalue weighted by Crippen LogP contribution is -1.95. The van der Waals surface area contributed by atoms with Gasteiger partial charge in [0.25, 0.3) is 0 Å². The Bertz CT molecular complexity index is 570. The highest BCUT2D eigenvalue weighted by Crippen LogP contribution is 2.32. The summed E-state index contributed by atoms with van der Waals surface area (Å²) in [6.45, 7) is -0.0704. The molecular formula is C13H13ClN2O3. The van der Waals surface area contributed by atoms with E-state index in [1.165, 1.54) is 13.2 Å². The summed E-state index contributed by atoms with van der Waals surface area (Å²) >= 11 is 5.80. The smallest absolute Gasteiger partial charge is 0.222 e. The Balaban J connectivity index is 2.32. The minimum Gasteiger partial charge on any atom is -0.493 e. The van der Waals surface area contributed by atoms with Gasteiger partial charge < -0.3 is 20.3 Å². The van der Waals surface area contributed by atoms with Gasteiger partial charge in [-0.05, 0) is 23.8 Å². The normalized spacial score (nSPS) is 10.3. The van der Waals surface area contributed by atoms with E-state index in [-0.39, 0.29) is 17.6 Å². The third-order valence-electron chi connectivity index (χ3n) is 2.42. The third-order valence-corrected chi connectivity index (χ3v) is 2.61. The van der Waals surface area contributed by atoms with Crippen molar-refractivity contribution < 1.29 is 14.6 Å². The van der Waals surface area contributed by atoms with E-state index >= 15 is 0 Å². The quantitative estimate of drug-likeness (QED) is 0.842. The van der Waals surface area contributed by atoms with Crippen LogP contribution in [0.15, 0.2) is 30.3 Å². The molecule has 0 aliphatic rings. The van der Waals surface area contributed by atoms with Crippen LogP contribution in [0.3, 0.4) is 0 Å². The minimum atomic E-state index is -0.0704. The Morgan fingerprint density at radius 3 is 2.68 bits per heavy atom. The summed E-state index contributed by atoms with van der Waals surface area (Å²) < 4.78 is 10.8. The number of aliphatic hydroxyl groups excluding tert-OH is 1. The van der Waals surface area contributed by atoms with E-state index in [2.05, 4.69) is 4.98 Å². The molecule has 0 radical (unpaired) electrons. The summed E-state index contributed by atoms with van der Waals surface area (Å²) in [5.41, 5.74) is 6.84. The van der Waals surface area contributed by atoms with Gasteiger partial charge in [-0.1, -0.05) is 17.7 Å². The van der Waals surface area contributed by atoms with E-state index in [9.17, 15) is 0 Å². The number of methoxy groups -OCH3 is 1. The van der Waals surface area contributed by atoms with Gasteiger partial charge in [0.15, 0.2) is 11.5 Å². The number of nitrogens with zero attached hydrogens (tertiary/aromatic N) is 1. The van der Waals surface area contributed by atoms with Gasteiger partial charge >= 0.3 is 0 Å². The van der Waals surface area contributed by atoms with Crippen LogP contribution < -0.4 is 15.2 Å². The first-order chi connectivity index (χ1) is 9.12. The Hall–Kier alpha value is -1.98. The molecule has 2 aromatic rings. The fourth-order valence-corrected chi connectivity index (χ4v) is 1.76. The number of aliphatic hydroxyl groups is 1. The number of nitrogens with two attached hydrogens (primary N) is 1. The van der Waals surface area contributed by atoms with Gasteiger partial charge in [0.2, 0.25) is 5.88 Å². The molecule has 1 aromatic heterocycles. The second-order valence-electron chi connectivity index (χ2n) is 3.81. The summed E-state index contributed by atoms with van der Waals surface area (Å²) in [6, 6.07) is 8.18. The number of pyridine rings is 1. The average Bonchev–Trinajstić information content (AvgIpc) is 2.38. The van der Waals surface area contributed by atoms with E-state index in [0.717, 1.165) is 5.56 Å².